The Morgan fingerprint density at radius 3 is 1.11 bits per heavy atom. The summed E-state index contributed by atoms with van der Waals surface area (Å²) in [5.74, 6) is 0. The number of hydrogen-bond donors (Lipinski definition) is 0. The second-order valence-electron chi connectivity index (χ2n) is 14.2. The van der Waals surface area contributed by atoms with Gasteiger partial charge in [-0.05, 0) is 123 Å². The van der Waals surface area contributed by atoms with Crippen molar-refractivity contribution in [1.29, 1.82) is 0 Å². The number of thiophene rings is 2. The van der Waals surface area contributed by atoms with Gasteiger partial charge in [-0.1, -0.05) is 121 Å². The van der Waals surface area contributed by atoms with Crippen molar-refractivity contribution in [2.45, 2.75) is 0 Å². The lowest BCUT2D eigenvalue weighted by atomic mass is 10.00. The van der Waals surface area contributed by atoms with Crippen LogP contribution >= 0.6 is 22.7 Å². The van der Waals surface area contributed by atoms with Gasteiger partial charge in [-0.15, -0.1) is 22.7 Å². The Hall–Kier alpha value is -6.52. The molecule has 11 rings (SSSR count). The van der Waals surface area contributed by atoms with Gasteiger partial charge in [0.2, 0.25) is 0 Å². The highest BCUT2D eigenvalue weighted by atomic mass is 32.1. The molecule has 3 heteroatoms. The highest BCUT2D eigenvalue weighted by Gasteiger charge is 2.15. The van der Waals surface area contributed by atoms with E-state index in [0.29, 0.717) is 0 Å². The first-order chi connectivity index (χ1) is 27.2. The molecule has 258 valence electrons. The van der Waals surface area contributed by atoms with Crippen LogP contribution < -0.4 is 4.90 Å². The highest BCUT2D eigenvalue weighted by molar-refractivity contribution is 7.26. The Balaban J connectivity index is 0.970. The van der Waals surface area contributed by atoms with E-state index in [4.69, 9.17) is 0 Å². The predicted molar refractivity (Wildman–Crippen MR) is 241 cm³/mol. The molecule has 0 radical (unpaired) electrons. The molecule has 0 saturated carbocycles. The van der Waals surface area contributed by atoms with E-state index in [1.165, 1.54) is 84.5 Å². The first-order valence-corrected chi connectivity index (χ1v) is 20.3. The number of fused-ring (bicyclic) bond motifs is 7. The molecule has 2 aromatic heterocycles. The predicted octanol–water partition coefficient (Wildman–Crippen LogP) is 16.0. The van der Waals surface area contributed by atoms with Crippen LogP contribution in [-0.4, -0.2) is 0 Å². The maximum atomic E-state index is 2.36. The van der Waals surface area contributed by atoms with E-state index in [-0.39, 0.29) is 0 Å². The summed E-state index contributed by atoms with van der Waals surface area (Å²) in [6, 6.07) is 73.5. The number of rotatable bonds is 6. The van der Waals surface area contributed by atoms with Crippen LogP contribution in [0.4, 0.5) is 17.1 Å². The van der Waals surface area contributed by atoms with Gasteiger partial charge < -0.3 is 4.90 Å². The molecular weight excluding hydrogens is 703 g/mol. The Bertz CT molecular complexity index is 3030. The van der Waals surface area contributed by atoms with E-state index in [1.54, 1.807) is 0 Å². The van der Waals surface area contributed by atoms with E-state index < -0.39 is 0 Å². The monoisotopic (exact) mass is 735 g/mol. The van der Waals surface area contributed by atoms with Crippen molar-refractivity contribution < 1.29 is 0 Å². The van der Waals surface area contributed by atoms with Crippen molar-refractivity contribution in [3.05, 3.63) is 200 Å². The number of benzene rings is 9. The van der Waals surface area contributed by atoms with Crippen LogP contribution in [-0.2, 0) is 0 Å². The second kappa shape index (κ2) is 13.1. The molecule has 2 heterocycles. The minimum absolute atomic E-state index is 1.11. The van der Waals surface area contributed by atoms with Crippen molar-refractivity contribution in [2.75, 3.05) is 4.90 Å². The summed E-state index contributed by atoms with van der Waals surface area (Å²) in [7, 11) is 0. The maximum Gasteiger partial charge on any atom is 0.0462 e. The normalized spacial score (nSPS) is 11.6. The van der Waals surface area contributed by atoms with Crippen molar-refractivity contribution in [2.24, 2.45) is 0 Å². The van der Waals surface area contributed by atoms with Gasteiger partial charge in [0, 0.05) is 57.4 Å². The summed E-state index contributed by atoms with van der Waals surface area (Å²) >= 11 is 3.72. The van der Waals surface area contributed by atoms with Crippen LogP contribution in [0.3, 0.4) is 0 Å². The zero-order valence-electron chi connectivity index (χ0n) is 29.8. The van der Waals surface area contributed by atoms with Gasteiger partial charge in [0.25, 0.3) is 0 Å². The summed E-state index contributed by atoms with van der Waals surface area (Å²) in [5.41, 5.74) is 10.6. The average Bonchev–Trinajstić information content (AvgIpc) is 3.82. The third-order valence-corrected chi connectivity index (χ3v) is 13.2. The molecule has 1 nitrogen and oxygen atoms in total. The van der Waals surface area contributed by atoms with Crippen LogP contribution in [0, 0.1) is 0 Å². The Labute approximate surface area is 327 Å². The van der Waals surface area contributed by atoms with Crippen LogP contribution in [0.5, 0.6) is 0 Å². The molecule has 0 N–H and O–H groups in total. The lowest BCUT2D eigenvalue weighted by molar-refractivity contribution is 1.28. The van der Waals surface area contributed by atoms with Crippen LogP contribution in [0.25, 0.3) is 84.5 Å². The molecule has 0 amide bonds. The number of nitrogens with zero attached hydrogens (tertiary/aromatic N) is 1. The first-order valence-electron chi connectivity index (χ1n) is 18.6. The van der Waals surface area contributed by atoms with Gasteiger partial charge in [-0.3, -0.25) is 0 Å². The summed E-state index contributed by atoms with van der Waals surface area (Å²) in [5, 5.41) is 7.80. The topological polar surface area (TPSA) is 3.24 Å². The smallest absolute Gasteiger partial charge is 0.0462 e. The van der Waals surface area contributed by atoms with E-state index in [1.807, 2.05) is 22.7 Å². The van der Waals surface area contributed by atoms with Crippen molar-refractivity contribution in [1.82, 2.24) is 0 Å². The van der Waals surface area contributed by atoms with E-state index in [0.717, 1.165) is 17.1 Å². The molecule has 0 unspecified atom stereocenters. The molecule has 0 fully saturated rings. The highest BCUT2D eigenvalue weighted by Crippen LogP contribution is 2.41. The van der Waals surface area contributed by atoms with E-state index in [9.17, 15) is 0 Å². The van der Waals surface area contributed by atoms with Gasteiger partial charge in [-0.25, -0.2) is 0 Å². The summed E-state index contributed by atoms with van der Waals surface area (Å²) in [6.45, 7) is 0. The second-order valence-corrected chi connectivity index (χ2v) is 16.3. The molecule has 0 aliphatic heterocycles. The average molecular weight is 736 g/mol. The van der Waals surface area contributed by atoms with Gasteiger partial charge >= 0.3 is 0 Å². The van der Waals surface area contributed by atoms with Crippen molar-refractivity contribution in [3.63, 3.8) is 0 Å². The molecule has 55 heavy (non-hydrogen) atoms. The molecule has 11 aromatic rings. The van der Waals surface area contributed by atoms with E-state index >= 15 is 0 Å². The molecule has 0 spiro atoms. The lowest BCUT2D eigenvalue weighted by Gasteiger charge is -2.26. The van der Waals surface area contributed by atoms with Crippen molar-refractivity contribution >= 4 is 90.9 Å². The van der Waals surface area contributed by atoms with Crippen LogP contribution in [0.1, 0.15) is 0 Å². The molecule has 0 aliphatic rings. The fourth-order valence-electron chi connectivity index (χ4n) is 8.04. The quantitative estimate of drug-likeness (QED) is 0.164. The first kappa shape index (κ1) is 32.0. The molecule has 9 aromatic carbocycles. The SMILES string of the molecule is c1ccc2cc(-c3ccc(N(c4ccc(-c5ccc6sc7ccccc7c6c5)cc4)c4ccc(-c5ccc6sc7ccccc7c6c5)cc4)cc3)ccc2c1. The van der Waals surface area contributed by atoms with Crippen molar-refractivity contribution in [3.8, 4) is 33.4 Å². The molecule has 0 saturated heterocycles. The third-order valence-electron chi connectivity index (χ3n) is 10.9. The molecule has 0 atom stereocenters. The Kier molecular flexibility index (Phi) is 7.61. The fraction of sp³-hybridized carbons (Fsp3) is 0. The fourth-order valence-corrected chi connectivity index (χ4v) is 10.2. The molecule has 0 aliphatic carbocycles. The van der Waals surface area contributed by atoms with Gasteiger partial charge in [0.15, 0.2) is 0 Å². The minimum atomic E-state index is 1.11. The zero-order chi connectivity index (χ0) is 36.3. The summed E-state index contributed by atoms with van der Waals surface area (Å²) < 4.78 is 5.32. The number of hydrogen-bond acceptors (Lipinski definition) is 3. The van der Waals surface area contributed by atoms with E-state index in [2.05, 4.69) is 205 Å². The lowest BCUT2D eigenvalue weighted by Crippen LogP contribution is -2.09. The molecule has 0 bridgehead atoms. The molecular formula is C52H33NS2. The Morgan fingerprint density at radius 2 is 0.618 bits per heavy atom. The third kappa shape index (κ3) is 5.68. The zero-order valence-corrected chi connectivity index (χ0v) is 31.4. The maximum absolute atomic E-state index is 2.36. The standard InChI is InChI=1S/C52H33NS2/c1-2-8-38-31-39(14-13-34(38)7-1)35-15-23-42(24-16-35)53(43-25-17-36(18-26-43)40-21-29-51-47(32-40)45-9-3-5-11-49(45)54-51)44-27-19-37(20-28-44)41-22-30-52-48(33-41)46-10-4-6-12-50(46)55-52/h1-33H. The largest absolute Gasteiger partial charge is 0.311 e. The van der Waals surface area contributed by atoms with Gasteiger partial charge in [0.1, 0.15) is 0 Å². The van der Waals surface area contributed by atoms with Gasteiger partial charge in [0.05, 0.1) is 0 Å². The van der Waals surface area contributed by atoms with Crippen LogP contribution in [0.2, 0.25) is 0 Å². The van der Waals surface area contributed by atoms with Crippen LogP contribution in [0.15, 0.2) is 200 Å². The van der Waals surface area contributed by atoms with Gasteiger partial charge in [-0.2, -0.15) is 0 Å². The Morgan fingerprint density at radius 1 is 0.255 bits per heavy atom. The summed E-state index contributed by atoms with van der Waals surface area (Å²) in [4.78, 5) is 2.36. The summed E-state index contributed by atoms with van der Waals surface area (Å²) in [6.07, 6.45) is 0. The minimum Gasteiger partial charge on any atom is -0.311 e. The number of anilines is 3.